The summed E-state index contributed by atoms with van der Waals surface area (Å²) in [5, 5.41) is 2.22. The maximum absolute atomic E-state index is 12.6. The Morgan fingerprint density at radius 1 is 0.862 bits per heavy atom. The number of rotatable bonds is 3. The van der Waals surface area contributed by atoms with E-state index in [1.165, 1.54) is 4.90 Å². The summed E-state index contributed by atoms with van der Waals surface area (Å²) in [7, 11) is 0. The minimum atomic E-state index is -0.545. The fourth-order valence-electron chi connectivity index (χ4n) is 4.21. The van der Waals surface area contributed by atoms with Gasteiger partial charge in [0.15, 0.2) is 0 Å². The zero-order valence-electron chi connectivity index (χ0n) is 15.9. The van der Waals surface area contributed by atoms with Gasteiger partial charge < -0.3 is 9.80 Å². The fraction of sp³-hybridized carbons (Fsp3) is 0.208. The van der Waals surface area contributed by atoms with E-state index in [1.54, 1.807) is 23.1 Å². The van der Waals surface area contributed by atoms with Crippen LogP contribution in [0.5, 0.6) is 0 Å². The second-order valence-electron chi connectivity index (χ2n) is 7.63. The number of fused-ring (bicyclic) bond motifs is 2. The van der Waals surface area contributed by atoms with E-state index >= 15 is 0 Å². The molecule has 3 aromatic rings. The first kappa shape index (κ1) is 17.6. The third kappa shape index (κ3) is 2.99. The van der Waals surface area contributed by atoms with Crippen molar-refractivity contribution in [1.29, 1.82) is 0 Å². The van der Waals surface area contributed by atoms with Gasteiger partial charge in [-0.2, -0.15) is 0 Å². The SMILES string of the molecule is O=C1C(=O)N(Cc2ccc3ccccc3c2)c2ccc(C(=O)N3CCCC3)cc21. The topological polar surface area (TPSA) is 57.7 Å². The maximum atomic E-state index is 12.6. The standard InChI is InChI=1S/C24H20N2O3/c27-22-20-14-19(23(28)25-11-3-4-12-25)9-10-21(20)26(24(22)29)15-16-7-8-17-5-1-2-6-18(17)13-16/h1-2,5-10,13-14H,3-4,11-12,15H2. The Balaban J connectivity index is 1.46. The van der Waals surface area contributed by atoms with Gasteiger partial charge in [-0.05, 0) is 53.4 Å². The number of Topliss-reactive ketones (excluding diaryl/α,β-unsaturated/α-hetero) is 1. The summed E-state index contributed by atoms with van der Waals surface area (Å²) in [5.41, 5.74) is 2.32. The average Bonchev–Trinajstić information content (AvgIpc) is 3.37. The quantitative estimate of drug-likeness (QED) is 0.646. The zero-order chi connectivity index (χ0) is 20.0. The molecule has 0 bridgehead atoms. The smallest absolute Gasteiger partial charge is 0.299 e. The third-order valence-corrected chi connectivity index (χ3v) is 5.77. The van der Waals surface area contributed by atoms with Gasteiger partial charge in [0.25, 0.3) is 17.6 Å². The van der Waals surface area contributed by atoms with Crippen LogP contribution in [0.25, 0.3) is 10.8 Å². The van der Waals surface area contributed by atoms with Crippen molar-refractivity contribution in [2.75, 3.05) is 18.0 Å². The summed E-state index contributed by atoms with van der Waals surface area (Å²) in [6.45, 7) is 1.82. The van der Waals surface area contributed by atoms with Crippen LogP contribution in [-0.4, -0.2) is 35.6 Å². The van der Waals surface area contributed by atoms with Crippen molar-refractivity contribution in [2.24, 2.45) is 0 Å². The minimum Gasteiger partial charge on any atom is -0.339 e. The molecule has 144 valence electrons. The van der Waals surface area contributed by atoms with Gasteiger partial charge in [0.2, 0.25) is 0 Å². The van der Waals surface area contributed by atoms with Crippen molar-refractivity contribution >= 4 is 34.1 Å². The predicted octanol–water partition coefficient (Wildman–Crippen LogP) is 3.81. The molecule has 0 aliphatic carbocycles. The van der Waals surface area contributed by atoms with Gasteiger partial charge >= 0.3 is 0 Å². The number of carbonyl (C=O) groups is 3. The molecule has 5 nitrogen and oxygen atoms in total. The molecule has 5 rings (SSSR count). The molecule has 1 fully saturated rings. The van der Waals surface area contributed by atoms with E-state index in [9.17, 15) is 14.4 Å². The molecule has 2 aliphatic rings. The van der Waals surface area contributed by atoms with Crippen LogP contribution in [0.1, 0.15) is 39.1 Å². The van der Waals surface area contributed by atoms with Crippen molar-refractivity contribution in [2.45, 2.75) is 19.4 Å². The number of carbonyl (C=O) groups excluding carboxylic acids is 3. The van der Waals surface area contributed by atoms with Gasteiger partial charge in [0.1, 0.15) is 0 Å². The monoisotopic (exact) mass is 384 g/mol. The molecule has 2 amide bonds. The van der Waals surface area contributed by atoms with Gasteiger partial charge in [0.05, 0.1) is 17.8 Å². The molecular formula is C24H20N2O3. The molecule has 5 heteroatoms. The molecule has 2 aliphatic heterocycles. The van der Waals surface area contributed by atoms with Crippen LogP contribution >= 0.6 is 0 Å². The number of ketones is 1. The Morgan fingerprint density at radius 2 is 1.62 bits per heavy atom. The lowest BCUT2D eigenvalue weighted by molar-refractivity contribution is -0.114. The molecule has 0 aromatic heterocycles. The molecule has 2 heterocycles. The van der Waals surface area contributed by atoms with Crippen LogP contribution in [0.3, 0.4) is 0 Å². The van der Waals surface area contributed by atoms with Crippen LogP contribution in [0.15, 0.2) is 60.7 Å². The van der Waals surface area contributed by atoms with E-state index in [4.69, 9.17) is 0 Å². The highest BCUT2D eigenvalue weighted by Gasteiger charge is 2.36. The van der Waals surface area contributed by atoms with Gasteiger partial charge in [0, 0.05) is 18.7 Å². The molecule has 3 aromatic carbocycles. The largest absolute Gasteiger partial charge is 0.339 e. The summed E-state index contributed by atoms with van der Waals surface area (Å²) in [4.78, 5) is 41.2. The minimum absolute atomic E-state index is 0.0708. The van der Waals surface area contributed by atoms with E-state index in [-0.39, 0.29) is 5.91 Å². The highest BCUT2D eigenvalue weighted by Crippen LogP contribution is 2.32. The number of likely N-dealkylation sites (tertiary alicyclic amines) is 1. The summed E-state index contributed by atoms with van der Waals surface area (Å²) < 4.78 is 0. The first-order valence-electron chi connectivity index (χ1n) is 9.89. The molecule has 0 saturated carbocycles. The number of hydrogen-bond donors (Lipinski definition) is 0. The first-order valence-corrected chi connectivity index (χ1v) is 9.89. The Kier molecular flexibility index (Phi) is 4.16. The van der Waals surface area contributed by atoms with Gasteiger partial charge in [-0.3, -0.25) is 14.4 Å². The fourth-order valence-corrected chi connectivity index (χ4v) is 4.21. The molecule has 0 spiro atoms. The second-order valence-corrected chi connectivity index (χ2v) is 7.63. The van der Waals surface area contributed by atoms with Gasteiger partial charge in [-0.1, -0.05) is 36.4 Å². The number of nitrogens with zero attached hydrogens (tertiary/aromatic N) is 2. The van der Waals surface area contributed by atoms with E-state index in [2.05, 4.69) is 0 Å². The van der Waals surface area contributed by atoms with Crippen LogP contribution in [0.4, 0.5) is 5.69 Å². The molecule has 0 radical (unpaired) electrons. The number of hydrogen-bond acceptors (Lipinski definition) is 3. The Bertz CT molecular complexity index is 1160. The lowest BCUT2D eigenvalue weighted by Crippen LogP contribution is -2.29. The van der Waals surface area contributed by atoms with Crippen LogP contribution < -0.4 is 4.90 Å². The summed E-state index contributed by atoms with van der Waals surface area (Å²) in [6, 6.07) is 19.1. The average molecular weight is 384 g/mol. The molecule has 0 N–H and O–H groups in total. The highest BCUT2D eigenvalue weighted by atomic mass is 16.2. The Hall–Kier alpha value is -3.47. The lowest BCUT2D eigenvalue weighted by Gasteiger charge is -2.18. The van der Waals surface area contributed by atoms with E-state index in [1.807, 2.05) is 42.5 Å². The van der Waals surface area contributed by atoms with E-state index in [0.29, 0.717) is 23.4 Å². The van der Waals surface area contributed by atoms with E-state index in [0.717, 1.165) is 42.3 Å². The van der Waals surface area contributed by atoms with Crippen molar-refractivity contribution in [1.82, 2.24) is 4.90 Å². The zero-order valence-corrected chi connectivity index (χ0v) is 15.9. The predicted molar refractivity (Wildman–Crippen MR) is 111 cm³/mol. The van der Waals surface area contributed by atoms with Gasteiger partial charge in [-0.25, -0.2) is 0 Å². The Labute approximate surface area is 168 Å². The summed E-state index contributed by atoms with van der Waals surface area (Å²) in [5.74, 6) is -1.16. The van der Waals surface area contributed by atoms with Crippen molar-refractivity contribution in [3.8, 4) is 0 Å². The lowest BCUT2D eigenvalue weighted by atomic mass is 10.1. The third-order valence-electron chi connectivity index (χ3n) is 5.77. The Morgan fingerprint density at radius 3 is 2.41 bits per heavy atom. The number of amides is 2. The number of anilines is 1. The van der Waals surface area contributed by atoms with Crippen LogP contribution in [0, 0.1) is 0 Å². The molecule has 0 unspecified atom stereocenters. The van der Waals surface area contributed by atoms with E-state index < -0.39 is 11.7 Å². The second kappa shape index (κ2) is 6.85. The summed E-state index contributed by atoms with van der Waals surface area (Å²) in [6.07, 6.45) is 2.02. The first-order chi connectivity index (χ1) is 14.1. The van der Waals surface area contributed by atoms with Crippen molar-refractivity contribution in [3.05, 3.63) is 77.4 Å². The van der Waals surface area contributed by atoms with Crippen molar-refractivity contribution < 1.29 is 14.4 Å². The van der Waals surface area contributed by atoms with Crippen molar-refractivity contribution in [3.63, 3.8) is 0 Å². The van der Waals surface area contributed by atoms with Gasteiger partial charge in [-0.15, -0.1) is 0 Å². The normalized spacial score (nSPS) is 16.0. The van der Waals surface area contributed by atoms with Crippen LogP contribution in [-0.2, 0) is 11.3 Å². The molecule has 0 atom stereocenters. The maximum Gasteiger partial charge on any atom is 0.299 e. The van der Waals surface area contributed by atoms with Crippen LogP contribution in [0.2, 0.25) is 0 Å². The molecular weight excluding hydrogens is 364 g/mol. The molecule has 1 saturated heterocycles. The number of benzene rings is 3. The highest BCUT2D eigenvalue weighted by molar-refractivity contribution is 6.52. The summed E-state index contributed by atoms with van der Waals surface area (Å²) >= 11 is 0. The molecule has 29 heavy (non-hydrogen) atoms.